The third-order valence-corrected chi connectivity index (χ3v) is 4.86. The second kappa shape index (κ2) is 6.34. The SMILES string of the molecule is Cc1ccsc1C(C)CCC(=O)N1CCNCC1. The molecule has 1 aromatic rings. The number of amides is 1. The Morgan fingerprint density at radius 3 is 2.83 bits per heavy atom. The molecule has 0 saturated carbocycles. The third-order valence-electron chi connectivity index (χ3n) is 3.61. The van der Waals surface area contributed by atoms with E-state index in [0.29, 0.717) is 18.2 Å². The van der Waals surface area contributed by atoms with E-state index in [4.69, 9.17) is 0 Å². The average Bonchev–Trinajstić information content (AvgIpc) is 2.83. The summed E-state index contributed by atoms with van der Waals surface area (Å²) in [6.07, 6.45) is 1.64. The maximum absolute atomic E-state index is 12.1. The van der Waals surface area contributed by atoms with Crippen LogP contribution in [-0.4, -0.2) is 37.0 Å². The van der Waals surface area contributed by atoms with Crippen LogP contribution >= 0.6 is 11.3 Å². The molecule has 1 amide bonds. The van der Waals surface area contributed by atoms with Gasteiger partial charge in [-0.15, -0.1) is 11.3 Å². The van der Waals surface area contributed by atoms with E-state index in [1.165, 1.54) is 10.4 Å². The van der Waals surface area contributed by atoms with E-state index in [0.717, 1.165) is 32.6 Å². The summed E-state index contributed by atoms with van der Waals surface area (Å²) in [7, 11) is 0. The van der Waals surface area contributed by atoms with E-state index in [1.54, 1.807) is 0 Å². The van der Waals surface area contributed by atoms with Gasteiger partial charge in [-0.3, -0.25) is 4.79 Å². The summed E-state index contributed by atoms with van der Waals surface area (Å²) in [5.41, 5.74) is 1.36. The summed E-state index contributed by atoms with van der Waals surface area (Å²) in [6, 6.07) is 2.16. The molecule has 0 aliphatic carbocycles. The zero-order valence-electron chi connectivity index (χ0n) is 11.2. The molecule has 1 fully saturated rings. The van der Waals surface area contributed by atoms with Gasteiger partial charge in [-0.25, -0.2) is 0 Å². The van der Waals surface area contributed by atoms with E-state index in [2.05, 4.69) is 30.6 Å². The smallest absolute Gasteiger partial charge is 0.222 e. The lowest BCUT2D eigenvalue weighted by molar-refractivity contribution is -0.131. The van der Waals surface area contributed by atoms with Crippen LogP contribution in [0.4, 0.5) is 0 Å². The van der Waals surface area contributed by atoms with Crippen molar-refractivity contribution in [2.24, 2.45) is 0 Å². The Labute approximate surface area is 113 Å². The van der Waals surface area contributed by atoms with Crippen LogP contribution in [0.1, 0.15) is 36.1 Å². The second-order valence-electron chi connectivity index (χ2n) is 5.04. The molecule has 2 heterocycles. The number of nitrogens with one attached hydrogen (secondary N) is 1. The van der Waals surface area contributed by atoms with Crippen LogP contribution in [-0.2, 0) is 4.79 Å². The molecule has 100 valence electrons. The van der Waals surface area contributed by atoms with Gasteiger partial charge in [0.25, 0.3) is 0 Å². The molecule has 1 atom stereocenters. The van der Waals surface area contributed by atoms with Crippen molar-refractivity contribution in [1.29, 1.82) is 0 Å². The number of carbonyl (C=O) groups excluding carboxylic acids is 1. The maximum atomic E-state index is 12.1. The van der Waals surface area contributed by atoms with Crippen LogP contribution in [0.25, 0.3) is 0 Å². The summed E-state index contributed by atoms with van der Waals surface area (Å²) in [6.45, 7) is 7.98. The van der Waals surface area contributed by atoms with Crippen LogP contribution in [0.15, 0.2) is 11.4 Å². The molecule has 0 radical (unpaired) electrons. The van der Waals surface area contributed by atoms with E-state index in [-0.39, 0.29) is 0 Å². The summed E-state index contributed by atoms with van der Waals surface area (Å²) in [5, 5.41) is 5.41. The maximum Gasteiger partial charge on any atom is 0.222 e. The Bertz CT molecular complexity index is 396. The Kier molecular flexibility index (Phi) is 4.78. The van der Waals surface area contributed by atoms with Gasteiger partial charge in [-0.1, -0.05) is 6.92 Å². The van der Waals surface area contributed by atoms with Gasteiger partial charge >= 0.3 is 0 Å². The molecule has 3 nitrogen and oxygen atoms in total. The third kappa shape index (κ3) is 3.33. The van der Waals surface area contributed by atoms with Gasteiger partial charge in [0, 0.05) is 37.5 Å². The molecule has 2 rings (SSSR count). The van der Waals surface area contributed by atoms with Gasteiger partial charge in [-0.05, 0) is 36.3 Å². The van der Waals surface area contributed by atoms with E-state index in [9.17, 15) is 4.79 Å². The molecule has 1 aliphatic heterocycles. The van der Waals surface area contributed by atoms with E-state index < -0.39 is 0 Å². The molecule has 1 unspecified atom stereocenters. The van der Waals surface area contributed by atoms with Crippen molar-refractivity contribution in [3.8, 4) is 0 Å². The van der Waals surface area contributed by atoms with Crippen molar-refractivity contribution in [3.05, 3.63) is 21.9 Å². The minimum atomic E-state index is 0.317. The highest BCUT2D eigenvalue weighted by Gasteiger charge is 2.18. The minimum absolute atomic E-state index is 0.317. The van der Waals surface area contributed by atoms with Gasteiger partial charge in [-0.2, -0.15) is 0 Å². The zero-order chi connectivity index (χ0) is 13.0. The van der Waals surface area contributed by atoms with E-state index in [1.807, 2.05) is 16.2 Å². The highest BCUT2D eigenvalue weighted by Crippen LogP contribution is 2.28. The van der Waals surface area contributed by atoms with Crippen LogP contribution in [0, 0.1) is 6.92 Å². The molecular weight excluding hydrogens is 244 g/mol. The molecule has 1 saturated heterocycles. The Hall–Kier alpha value is -0.870. The molecule has 0 spiro atoms. The highest BCUT2D eigenvalue weighted by molar-refractivity contribution is 7.10. The van der Waals surface area contributed by atoms with Crippen LogP contribution in [0.2, 0.25) is 0 Å². The van der Waals surface area contributed by atoms with Gasteiger partial charge in [0.1, 0.15) is 0 Å². The molecule has 18 heavy (non-hydrogen) atoms. The first-order valence-corrected chi connectivity index (χ1v) is 7.59. The molecule has 0 bridgehead atoms. The standard InChI is InChI=1S/C14H22N2OS/c1-11(14-12(2)5-10-18-14)3-4-13(17)16-8-6-15-7-9-16/h5,10-11,15H,3-4,6-9H2,1-2H3. The number of hydrogen-bond acceptors (Lipinski definition) is 3. The summed E-state index contributed by atoms with van der Waals surface area (Å²) in [5.74, 6) is 0.814. The van der Waals surface area contributed by atoms with Gasteiger partial charge in [0.2, 0.25) is 5.91 Å². The van der Waals surface area contributed by atoms with Crippen molar-refractivity contribution in [2.75, 3.05) is 26.2 Å². The van der Waals surface area contributed by atoms with Crippen molar-refractivity contribution in [3.63, 3.8) is 0 Å². The first-order chi connectivity index (χ1) is 8.68. The Balaban J connectivity index is 1.80. The molecule has 4 heteroatoms. The van der Waals surface area contributed by atoms with Gasteiger partial charge < -0.3 is 10.2 Å². The predicted molar refractivity (Wildman–Crippen MR) is 76.2 cm³/mol. The Morgan fingerprint density at radius 1 is 1.50 bits per heavy atom. The zero-order valence-corrected chi connectivity index (χ0v) is 12.1. The number of aryl methyl sites for hydroxylation is 1. The summed E-state index contributed by atoms with van der Waals surface area (Å²) < 4.78 is 0. The number of nitrogens with zero attached hydrogens (tertiary/aromatic N) is 1. The monoisotopic (exact) mass is 266 g/mol. The fourth-order valence-electron chi connectivity index (χ4n) is 2.43. The van der Waals surface area contributed by atoms with Crippen LogP contribution in [0.3, 0.4) is 0 Å². The number of thiophene rings is 1. The summed E-state index contributed by atoms with van der Waals surface area (Å²) in [4.78, 5) is 15.5. The Morgan fingerprint density at radius 2 is 2.22 bits per heavy atom. The molecular formula is C14H22N2OS. The van der Waals surface area contributed by atoms with Crippen LogP contribution in [0.5, 0.6) is 0 Å². The normalized spacial score (nSPS) is 17.8. The van der Waals surface area contributed by atoms with E-state index >= 15 is 0 Å². The predicted octanol–water partition coefficient (Wildman–Crippen LogP) is 2.37. The van der Waals surface area contributed by atoms with Crippen LogP contribution < -0.4 is 5.32 Å². The lowest BCUT2D eigenvalue weighted by Gasteiger charge is -2.27. The number of hydrogen-bond donors (Lipinski definition) is 1. The van der Waals surface area contributed by atoms with Crippen molar-refractivity contribution in [1.82, 2.24) is 10.2 Å². The lowest BCUT2D eigenvalue weighted by atomic mass is 10.0. The van der Waals surface area contributed by atoms with Crippen molar-refractivity contribution >= 4 is 17.2 Å². The minimum Gasteiger partial charge on any atom is -0.340 e. The first-order valence-electron chi connectivity index (χ1n) is 6.71. The largest absolute Gasteiger partial charge is 0.340 e. The van der Waals surface area contributed by atoms with Gasteiger partial charge in [0.15, 0.2) is 0 Å². The second-order valence-corrected chi connectivity index (χ2v) is 5.99. The average molecular weight is 266 g/mol. The fraction of sp³-hybridized carbons (Fsp3) is 0.643. The van der Waals surface area contributed by atoms with Gasteiger partial charge in [0.05, 0.1) is 0 Å². The quantitative estimate of drug-likeness (QED) is 0.907. The molecule has 1 aliphatic rings. The first kappa shape index (κ1) is 13.6. The summed E-state index contributed by atoms with van der Waals surface area (Å²) >= 11 is 1.81. The number of carbonyl (C=O) groups is 1. The molecule has 0 aromatic carbocycles. The fourth-order valence-corrected chi connectivity index (χ4v) is 3.46. The lowest BCUT2D eigenvalue weighted by Crippen LogP contribution is -2.46. The number of rotatable bonds is 4. The number of piperazine rings is 1. The topological polar surface area (TPSA) is 32.3 Å². The molecule has 1 aromatic heterocycles. The van der Waals surface area contributed by atoms with Crippen molar-refractivity contribution < 1.29 is 4.79 Å². The van der Waals surface area contributed by atoms with Crippen molar-refractivity contribution in [2.45, 2.75) is 32.6 Å². The molecule has 1 N–H and O–H groups in total. The highest BCUT2D eigenvalue weighted by atomic mass is 32.1.